The van der Waals surface area contributed by atoms with Crippen molar-refractivity contribution in [3.05, 3.63) is 19.8 Å². The van der Waals surface area contributed by atoms with Crippen molar-refractivity contribution in [1.29, 1.82) is 0 Å². The van der Waals surface area contributed by atoms with E-state index in [4.69, 9.17) is 14.2 Å². The summed E-state index contributed by atoms with van der Waals surface area (Å²) in [6, 6.07) is 0. The molecule has 1 radical (unpaired) electrons. The molecule has 0 aliphatic heterocycles. The van der Waals surface area contributed by atoms with Crippen molar-refractivity contribution in [2.75, 3.05) is 19.8 Å². The van der Waals surface area contributed by atoms with E-state index in [-0.39, 0.29) is 12.2 Å². The molecule has 2 atom stereocenters. The van der Waals surface area contributed by atoms with Gasteiger partial charge in [-0.2, -0.15) is 0 Å². The van der Waals surface area contributed by atoms with Gasteiger partial charge in [-0.3, -0.25) is 0 Å². The Labute approximate surface area is 80.7 Å². The minimum atomic E-state index is 0.0170. The number of hydrogen-bond donors (Lipinski definition) is 0. The van der Waals surface area contributed by atoms with Gasteiger partial charge in [-0.15, -0.1) is 0 Å². The van der Waals surface area contributed by atoms with Crippen LogP contribution in [0.1, 0.15) is 13.8 Å². The zero-order valence-corrected chi connectivity index (χ0v) is 8.49. The minimum Gasteiger partial charge on any atom is -0.499 e. The largest absolute Gasteiger partial charge is 0.499 e. The molecule has 77 valence electrons. The molecule has 0 spiro atoms. The standard InChI is InChI=1S/C10H19O3/c1-5-11-8-10(4)13-7-6-12-9(2)3/h5,9-10H,1-2,6-8H2,3-4H3. The van der Waals surface area contributed by atoms with Crippen molar-refractivity contribution in [2.24, 2.45) is 0 Å². The highest BCUT2D eigenvalue weighted by atomic mass is 16.5. The van der Waals surface area contributed by atoms with Crippen LogP contribution in [-0.4, -0.2) is 32.0 Å². The van der Waals surface area contributed by atoms with E-state index in [0.717, 1.165) is 0 Å². The molecule has 3 heteroatoms. The fraction of sp³-hybridized carbons (Fsp3) is 0.700. The average Bonchev–Trinajstić information content (AvgIpc) is 2.08. The molecule has 0 heterocycles. The Morgan fingerprint density at radius 3 is 2.38 bits per heavy atom. The quantitative estimate of drug-likeness (QED) is 0.428. The third kappa shape index (κ3) is 9.37. The maximum Gasteiger partial charge on any atom is 0.113 e. The lowest BCUT2D eigenvalue weighted by Gasteiger charge is -2.13. The van der Waals surface area contributed by atoms with Crippen molar-refractivity contribution >= 4 is 0 Å². The molecule has 0 fully saturated rings. The molecule has 0 amide bonds. The Bertz CT molecular complexity index is 123. The van der Waals surface area contributed by atoms with Crippen LogP contribution in [-0.2, 0) is 14.2 Å². The van der Waals surface area contributed by atoms with E-state index in [1.165, 1.54) is 6.26 Å². The van der Waals surface area contributed by atoms with Gasteiger partial charge in [0.25, 0.3) is 0 Å². The van der Waals surface area contributed by atoms with Crippen molar-refractivity contribution in [3.63, 3.8) is 0 Å². The van der Waals surface area contributed by atoms with Crippen molar-refractivity contribution in [1.82, 2.24) is 0 Å². The summed E-state index contributed by atoms with van der Waals surface area (Å²) in [4.78, 5) is 0. The van der Waals surface area contributed by atoms with Crippen LogP contribution in [0.5, 0.6) is 0 Å². The van der Waals surface area contributed by atoms with Gasteiger partial charge in [-0.05, 0) is 20.8 Å². The van der Waals surface area contributed by atoms with Gasteiger partial charge in [0.2, 0.25) is 0 Å². The maximum absolute atomic E-state index is 5.37. The van der Waals surface area contributed by atoms with Gasteiger partial charge in [0.1, 0.15) is 6.61 Å². The molecule has 0 saturated carbocycles. The summed E-state index contributed by atoms with van der Waals surface area (Å²) < 4.78 is 15.5. The molecule has 0 N–H and O–H groups in total. The van der Waals surface area contributed by atoms with E-state index in [1.807, 2.05) is 13.8 Å². The van der Waals surface area contributed by atoms with Crippen LogP contribution in [0.2, 0.25) is 0 Å². The monoisotopic (exact) mass is 187 g/mol. The minimum absolute atomic E-state index is 0.0170. The predicted molar refractivity (Wildman–Crippen MR) is 52.3 cm³/mol. The lowest BCUT2D eigenvalue weighted by Crippen LogP contribution is -2.18. The second-order valence-electron chi connectivity index (χ2n) is 2.86. The van der Waals surface area contributed by atoms with Gasteiger partial charge >= 0.3 is 0 Å². The molecule has 0 rings (SSSR count). The van der Waals surface area contributed by atoms with Crippen LogP contribution >= 0.6 is 0 Å². The lowest BCUT2D eigenvalue weighted by atomic mass is 10.4. The fourth-order valence-electron chi connectivity index (χ4n) is 0.750. The summed E-state index contributed by atoms with van der Waals surface area (Å²) in [5.41, 5.74) is 0. The highest BCUT2D eigenvalue weighted by Gasteiger charge is 2.01. The predicted octanol–water partition coefficient (Wildman–Crippen LogP) is 1.79. The average molecular weight is 187 g/mol. The van der Waals surface area contributed by atoms with Gasteiger partial charge in [0.05, 0.1) is 31.7 Å². The summed E-state index contributed by atoms with van der Waals surface area (Å²) in [6.45, 7) is 12.6. The Kier molecular flexibility index (Phi) is 7.74. The second-order valence-corrected chi connectivity index (χ2v) is 2.86. The van der Waals surface area contributed by atoms with Crippen molar-refractivity contribution in [3.8, 4) is 0 Å². The van der Waals surface area contributed by atoms with E-state index < -0.39 is 0 Å². The SMILES string of the molecule is [CH2]C(C)OCCOC(C)COC=C. The van der Waals surface area contributed by atoms with Crippen LogP contribution in [0.15, 0.2) is 12.8 Å². The highest BCUT2D eigenvalue weighted by Crippen LogP contribution is 1.93. The maximum atomic E-state index is 5.37. The smallest absolute Gasteiger partial charge is 0.113 e. The number of ether oxygens (including phenoxy) is 3. The molecule has 13 heavy (non-hydrogen) atoms. The van der Waals surface area contributed by atoms with E-state index in [1.54, 1.807) is 0 Å². The van der Waals surface area contributed by atoms with Crippen molar-refractivity contribution < 1.29 is 14.2 Å². The Morgan fingerprint density at radius 1 is 1.23 bits per heavy atom. The Morgan fingerprint density at radius 2 is 1.85 bits per heavy atom. The van der Waals surface area contributed by atoms with Crippen LogP contribution < -0.4 is 0 Å². The second kappa shape index (κ2) is 8.08. The molecule has 0 aliphatic rings. The molecule has 0 aromatic heterocycles. The van der Waals surface area contributed by atoms with Crippen LogP contribution in [0.25, 0.3) is 0 Å². The van der Waals surface area contributed by atoms with Gasteiger partial charge in [0.15, 0.2) is 0 Å². The summed E-state index contributed by atoms with van der Waals surface area (Å²) in [5.74, 6) is 0. The van der Waals surface area contributed by atoms with Crippen LogP contribution in [0.4, 0.5) is 0 Å². The van der Waals surface area contributed by atoms with Gasteiger partial charge in [0, 0.05) is 0 Å². The molecule has 0 saturated heterocycles. The zero-order chi connectivity index (χ0) is 10.1. The fourth-order valence-corrected chi connectivity index (χ4v) is 0.750. The number of rotatable bonds is 8. The highest BCUT2D eigenvalue weighted by molar-refractivity contribution is 4.54. The molecule has 0 aromatic carbocycles. The first kappa shape index (κ1) is 12.5. The van der Waals surface area contributed by atoms with E-state index in [9.17, 15) is 0 Å². The molecular formula is C10H19O3. The van der Waals surface area contributed by atoms with Crippen LogP contribution in [0.3, 0.4) is 0 Å². The van der Waals surface area contributed by atoms with E-state index in [2.05, 4.69) is 13.5 Å². The Hall–Kier alpha value is -0.540. The summed E-state index contributed by atoms with van der Waals surface area (Å²) in [5, 5.41) is 0. The molecule has 3 nitrogen and oxygen atoms in total. The molecule has 0 aliphatic carbocycles. The van der Waals surface area contributed by atoms with Crippen LogP contribution in [0, 0.1) is 6.92 Å². The van der Waals surface area contributed by atoms with Crippen molar-refractivity contribution in [2.45, 2.75) is 26.1 Å². The third-order valence-electron chi connectivity index (χ3n) is 1.34. The molecule has 0 aromatic rings. The zero-order valence-electron chi connectivity index (χ0n) is 8.49. The van der Waals surface area contributed by atoms with E-state index in [0.29, 0.717) is 19.8 Å². The number of hydrogen-bond acceptors (Lipinski definition) is 3. The van der Waals surface area contributed by atoms with E-state index >= 15 is 0 Å². The Balaban J connectivity index is 3.16. The first-order valence-corrected chi connectivity index (χ1v) is 4.45. The van der Waals surface area contributed by atoms with Gasteiger partial charge < -0.3 is 14.2 Å². The summed E-state index contributed by atoms with van der Waals surface area (Å²) in [6.07, 6.45) is 1.50. The molecular weight excluding hydrogens is 168 g/mol. The third-order valence-corrected chi connectivity index (χ3v) is 1.34. The first-order valence-electron chi connectivity index (χ1n) is 4.45. The lowest BCUT2D eigenvalue weighted by molar-refractivity contribution is -0.0215. The first-order chi connectivity index (χ1) is 6.16. The summed E-state index contributed by atoms with van der Waals surface area (Å²) >= 11 is 0. The van der Waals surface area contributed by atoms with Gasteiger partial charge in [-0.1, -0.05) is 6.58 Å². The normalized spacial score (nSPS) is 12.9. The molecule has 2 unspecified atom stereocenters. The van der Waals surface area contributed by atoms with Gasteiger partial charge in [-0.25, -0.2) is 0 Å². The molecule has 0 bridgehead atoms. The topological polar surface area (TPSA) is 27.7 Å². The summed E-state index contributed by atoms with van der Waals surface area (Å²) in [7, 11) is 0.